The second-order valence-corrected chi connectivity index (χ2v) is 11.6. The van der Waals surface area contributed by atoms with Gasteiger partial charge in [-0.1, -0.05) is 26.8 Å². The van der Waals surface area contributed by atoms with E-state index in [0.29, 0.717) is 5.82 Å². The smallest absolute Gasteiger partial charge is 0.193 e. The number of nitrogens with zero attached hydrogens (tertiary/aromatic N) is 1. The molecule has 1 aliphatic carbocycles. The van der Waals surface area contributed by atoms with Crippen molar-refractivity contribution in [2.75, 3.05) is 5.73 Å². The van der Waals surface area contributed by atoms with Gasteiger partial charge < -0.3 is 10.2 Å². The highest BCUT2D eigenvalue weighted by atomic mass is 28.4. The number of hydrogen-bond acceptors (Lipinski definition) is 3. The molecule has 4 heteroatoms. The van der Waals surface area contributed by atoms with E-state index in [-0.39, 0.29) is 10.6 Å². The summed E-state index contributed by atoms with van der Waals surface area (Å²) in [5, 5.41) is 0.240. The molecule has 0 radical (unpaired) electrons. The predicted molar refractivity (Wildman–Crippen MR) is 77.8 cm³/mol. The lowest BCUT2D eigenvalue weighted by molar-refractivity contribution is 0.159. The monoisotopic (exact) mass is 264 g/mol. The second kappa shape index (κ2) is 4.07. The zero-order valence-electron chi connectivity index (χ0n) is 12.1. The highest BCUT2D eigenvalue weighted by Crippen LogP contribution is 2.53. The summed E-state index contributed by atoms with van der Waals surface area (Å²) in [6.45, 7) is 11.4. The fourth-order valence-corrected chi connectivity index (χ4v) is 3.48. The molecule has 1 heterocycles. The van der Waals surface area contributed by atoms with Crippen LogP contribution < -0.4 is 5.73 Å². The standard InChI is InChI=1S/C14H24N2OSi/c1-13(2,3)18(4,5)17-14(8-9-14)11-6-7-12(15)16-10-11/h6-7,10H,8-9H2,1-5H3,(H2,15,16). The summed E-state index contributed by atoms with van der Waals surface area (Å²) in [4.78, 5) is 4.19. The Bertz CT molecular complexity index is 430. The maximum absolute atomic E-state index is 6.58. The Morgan fingerprint density at radius 1 is 1.28 bits per heavy atom. The Morgan fingerprint density at radius 3 is 2.28 bits per heavy atom. The summed E-state index contributed by atoms with van der Waals surface area (Å²) >= 11 is 0. The van der Waals surface area contributed by atoms with Gasteiger partial charge >= 0.3 is 0 Å². The molecule has 2 rings (SSSR count). The van der Waals surface area contributed by atoms with E-state index in [1.165, 1.54) is 5.56 Å². The van der Waals surface area contributed by atoms with E-state index in [2.05, 4.69) is 44.9 Å². The average Bonchev–Trinajstić information content (AvgIpc) is 2.97. The van der Waals surface area contributed by atoms with Gasteiger partial charge in [0.15, 0.2) is 8.32 Å². The molecule has 0 amide bonds. The number of nitrogen functional groups attached to an aromatic ring is 1. The minimum Gasteiger partial charge on any atom is -0.407 e. The first-order valence-electron chi connectivity index (χ1n) is 6.59. The number of anilines is 1. The van der Waals surface area contributed by atoms with Crippen molar-refractivity contribution in [1.82, 2.24) is 4.98 Å². The normalized spacial score (nSPS) is 18.7. The summed E-state index contributed by atoms with van der Waals surface area (Å²) in [5.41, 5.74) is 6.75. The lowest BCUT2D eigenvalue weighted by Gasteiger charge is -2.39. The predicted octanol–water partition coefficient (Wildman–Crippen LogP) is 3.67. The van der Waals surface area contributed by atoms with E-state index in [1.54, 1.807) is 0 Å². The summed E-state index contributed by atoms with van der Waals surface area (Å²) in [7, 11) is -1.73. The van der Waals surface area contributed by atoms with Crippen LogP contribution in [0, 0.1) is 0 Å². The van der Waals surface area contributed by atoms with Crippen LogP contribution in [0.15, 0.2) is 18.3 Å². The topological polar surface area (TPSA) is 48.1 Å². The molecule has 0 aromatic carbocycles. The lowest BCUT2D eigenvalue weighted by Crippen LogP contribution is -2.44. The maximum atomic E-state index is 6.58. The van der Waals surface area contributed by atoms with E-state index >= 15 is 0 Å². The number of nitrogens with two attached hydrogens (primary N) is 1. The molecular weight excluding hydrogens is 240 g/mol. The van der Waals surface area contributed by atoms with Crippen molar-refractivity contribution in [2.24, 2.45) is 0 Å². The van der Waals surface area contributed by atoms with E-state index in [4.69, 9.17) is 10.2 Å². The van der Waals surface area contributed by atoms with Gasteiger partial charge in [0.25, 0.3) is 0 Å². The summed E-state index contributed by atoms with van der Waals surface area (Å²) < 4.78 is 6.58. The third kappa shape index (κ3) is 2.45. The SMILES string of the molecule is CC(C)(C)[Si](C)(C)OC1(c2ccc(N)nc2)CC1. The Morgan fingerprint density at radius 2 is 1.89 bits per heavy atom. The molecule has 18 heavy (non-hydrogen) atoms. The van der Waals surface area contributed by atoms with Crippen LogP contribution in [-0.2, 0) is 10.0 Å². The Labute approximate surface area is 111 Å². The molecule has 0 aliphatic heterocycles. The van der Waals surface area contributed by atoms with Crippen molar-refractivity contribution < 1.29 is 4.43 Å². The van der Waals surface area contributed by atoms with Crippen LogP contribution in [0.3, 0.4) is 0 Å². The largest absolute Gasteiger partial charge is 0.407 e. The van der Waals surface area contributed by atoms with E-state index < -0.39 is 8.32 Å². The van der Waals surface area contributed by atoms with Crippen LogP contribution in [-0.4, -0.2) is 13.3 Å². The molecule has 3 nitrogen and oxygen atoms in total. The second-order valence-electron chi connectivity index (χ2n) is 6.83. The van der Waals surface area contributed by atoms with Gasteiger partial charge in [0.2, 0.25) is 0 Å². The van der Waals surface area contributed by atoms with Crippen LogP contribution in [0.5, 0.6) is 0 Å². The van der Waals surface area contributed by atoms with Crippen molar-refractivity contribution in [2.45, 2.75) is 57.3 Å². The van der Waals surface area contributed by atoms with E-state index in [9.17, 15) is 0 Å². The summed E-state index contributed by atoms with van der Waals surface area (Å²) in [5.74, 6) is 0.571. The zero-order valence-corrected chi connectivity index (χ0v) is 13.1. The van der Waals surface area contributed by atoms with Crippen LogP contribution in [0.4, 0.5) is 5.82 Å². The molecule has 0 spiro atoms. The molecule has 0 saturated heterocycles. The highest BCUT2D eigenvalue weighted by Gasteiger charge is 2.52. The zero-order chi connectivity index (χ0) is 13.6. The molecule has 2 N–H and O–H groups in total. The van der Waals surface area contributed by atoms with Crippen molar-refractivity contribution >= 4 is 14.1 Å². The summed E-state index contributed by atoms with van der Waals surface area (Å²) in [6, 6.07) is 3.92. The molecular formula is C14H24N2OSi. The van der Waals surface area contributed by atoms with E-state index in [0.717, 1.165) is 12.8 Å². The molecule has 0 unspecified atom stereocenters. The van der Waals surface area contributed by atoms with Crippen molar-refractivity contribution in [3.63, 3.8) is 0 Å². The van der Waals surface area contributed by atoms with Crippen LogP contribution in [0.25, 0.3) is 0 Å². The molecule has 1 aliphatic rings. The van der Waals surface area contributed by atoms with Crippen LogP contribution in [0.1, 0.15) is 39.2 Å². The molecule has 0 bridgehead atoms. The average molecular weight is 264 g/mol. The fourth-order valence-electron chi connectivity index (χ4n) is 1.88. The first-order chi connectivity index (χ1) is 8.16. The molecule has 1 fully saturated rings. The number of rotatable bonds is 3. The third-order valence-electron chi connectivity index (χ3n) is 4.27. The van der Waals surface area contributed by atoms with Gasteiger partial charge in [-0.05, 0) is 37.0 Å². The molecule has 1 saturated carbocycles. The molecule has 1 aromatic rings. The van der Waals surface area contributed by atoms with Gasteiger partial charge in [0.05, 0.1) is 5.60 Å². The lowest BCUT2D eigenvalue weighted by atomic mass is 10.1. The summed E-state index contributed by atoms with van der Waals surface area (Å²) in [6.07, 6.45) is 4.08. The quantitative estimate of drug-likeness (QED) is 0.847. The minimum absolute atomic E-state index is 0.0797. The first-order valence-corrected chi connectivity index (χ1v) is 9.49. The third-order valence-corrected chi connectivity index (χ3v) is 8.79. The Balaban J connectivity index is 2.21. The fraction of sp³-hybridized carbons (Fsp3) is 0.643. The maximum Gasteiger partial charge on any atom is 0.193 e. The van der Waals surface area contributed by atoms with Gasteiger partial charge in [0, 0.05) is 11.8 Å². The molecule has 100 valence electrons. The van der Waals surface area contributed by atoms with Gasteiger partial charge in [-0.15, -0.1) is 0 Å². The first kappa shape index (κ1) is 13.6. The van der Waals surface area contributed by atoms with Crippen LogP contribution in [0.2, 0.25) is 18.1 Å². The highest BCUT2D eigenvalue weighted by molar-refractivity contribution is 6.74. The Kier molecular flexibility index (Phi) is 3.06. The van der Waals surface area contributed by atoms with Gasteiger partial charge in [-0.25, -0.2) is 4.98 Å². The van der Waals surface area contributed by atoms with Crippen molar-refractivity contribution in [3.05, 3.63) is 23.9 Å². The van der Waals surface area contributed by atoms with E-state index in [1.807, 2.05) is 12.3 Å². The number of hydrogen-bond donors (Lipinski definition) is 1. The van der Waals surface area contributed by atoms with Crippen LogP contribution >= 0.6 is 0 Å². The molecule has 1 aromatic heterocycles. The van der Waals surface area contributed by atoms with Gasteiger partial charge in [-0.2, -0.15) is 0 Å². The Hall–Kier alpha value is -0.873. The molecule has 0 atom stereocenters. The minimum atomic E-state index is -1.73. The number of aromatic nitrogens is 1. The van der Waals surface area contributed by atoms with Crippen molar-refractivity contribution in [1.29, 1.82) is 0 Å². The van der Waals surface area contributed by atoms with Crippen molar-refractivity contribution in [3.8, 4) is 0 Å². The van der Waals surface area contributed by atoms with Gasteiger partial charge in [-0.3, -0.25) is 0 Å². The number of pyridine rings is 1. The van der Waals surface area contributed by atoms with Gasteiger partial charge in [0.1, 0.15) is 5.82 Å².